The van der Waals surface area contributed by atoms with Gasteiger partial charge in [0, 0.05) is 35.0 Å². The van der Waals surface area contributed by atoms with E-state index in [9.17, 15) is 20.2 Å². The predicted octanol–water partition coefficient (Wildman–Crippen LogP) is 5.11. The smallest absolute Gasteiger partial charge is 0.273 e. The van der Waals surface area contributed by atoms with Gasteiger partial charge < -0.3 is 14.5 Å². The number of amides is 1. The Bertz CT molecular complexity index is 1200. The first-order valence-corrected chi connectivity index (χ1v) is 9.42. The van der Waals surface area contributed by atoms with Crippen LogP contribution < -0.4 is 10.1 Å². The zero-order chi connectivity index (χ0) is 22.4. The summed E-state index contributed by atoms with van der Waals surface area (Å²) in [6, 6.07) is 16.7. The number of nitriles is 1. The van der Waals surface area contributed by atoms with Crippen LogP contribution in [-0.4, -0.2) is 17.4 Å². The number of hydrogen-bond acceptors (Lipinski definition) is 6. The molecule has 0 saturated heterocycles. The standard InChI is InChI=1S/C23H19N3O5/c1-3-30-19-6-4-5-18(13-19)25-23(27)17(14-24)11-20-9-10-22(31-20)16-8-7-15(2)21(12-16)26(28)29/h4-13H,3H2,1-2H3,(H,25,27)/b17-11-. The van der Waals surface area contributed by atoms with Crippen molar-refractivity contribution < 1.29 is 18.9 Å². The van der Waals surface area contributed by atoms with Crippen molar-refractivity contribution in [3.05, 3.63) is 81.6 Å². The minimum absolute atomic E-state index is 0.0163. The lowest BCUT2D eigenvalue weighted by molar-refractivity contribution is -0.385. The minimum Gasteiger partial charge on any atom is -0.494 e. The van der Waals surface area contributed by atoms with Crippen LogP contribution >= 0.6 is 0 Å². The molecule has 0 aliphatic rings. The maximum absolute atomic E-state index is 12.5. The van der Waals surface area contributed by atoms with Gasteiger partial charge in [-0.15, -0.1) is 0 Å². The first-order valence-electron chi connectivity index (χ1n) is 9.42. The lowest BCUT2D eigenvalue weighted by Gasteiger charge is -2.07. The molecule has 1 aromatic heterocycles. The third kappa shape index (κ3) is 5.16. The SMILES string of the molecule is CCOc1cccc(NC(=O)/C(C#N)=C\c2ccc(-c3ccc(C)c([N+](=O)[O-])c3)o2)c1. The highest BCUT2D eigenvalue weighted by Crippen LogP contribution is 2.29. The van der Waals surface area contributed by atoms with Crippen LogP contribution in [0, 0.1) is 28.4 Å². The fraction of sp³-hybridized carbons (Fsp3) is 0.130. The van der Waals surface area contributed by atoms with E-state index in [2.05, 4.69) is 5.32 Å². The van der Waals surface area contributed by atoms with Crippen LogP contribution in [0.3, 0.4) is 0 Å². The highest BCUT2D eigenvalue weighted by atomic mass is 16.6. The summed E-state index contributed by atoms with van der Waals surface area (Å²) in [5, 5.41) is 23.2. The van der Waals surface area contributed by atoms with E-state index in [1.165, 1.54) is 12.1 Å². The molecular formula is C23H19N3O5. The second kappa shape index (κ2) is 9.41. The van der Waals surface area contributed by atoms with Crippen LogP contribution in [0.25, 0.3) is 17.4 Å². The van der Waals surface area contributed by atoms with Gasteiger partial charge in [-0.3, -0.25) is 14.9 Å². The Morgan fingerprint density at radius 2 is 2.06 bits per heavy atom. The Hall–Kier alpha value is -4.38. The van der Waals surface area contributed by atoms with Crippen molar-refractivity contribution in [2.24, 2.45) is 0 Å². The van der Waals surface area contributed by atoms with E-state index >= 15 is 0 Å². The summed E-state index contributed by atoms with van der Waals surface area (Å²) in [4.78, 5) is 23.2. The minimum atomic E-state index is -0.597. The van der Waals surface area contributed by atoms with Crippen molar-refractivity contribution >= 4 is 23.4 Å². The largest absolute Gasteiger partial charge is 0.494 e. The number of nitro groups is 1. The van der Waals surface area contributed by atoms with Crippen LogP contribution in [-0.2, 0) is 4.79 Å². The van der Waals surface area contributed by atoms with Crippen molar-refractivity contribution in [3.63, 3.8) is 0 Å². The molecule has 3 rings (SSSR count). The zero-order valence-corrected chi connectivity index (χ0v) is 16.9. The van der Waals surface area contributed by atoms with Crippen molar-refractivity contribution in [3.8, 4) is 23.1 Å². The van der Waals surface area contributed by atoms with E-state index in [0.717, 1.165) is 0 Å². The molecule has 0 aliphatic carbocycles. The summed E-state index contributed by atoms with van der Waals surface area (Å²) >= 11 is 0. The number of rotatable bonds is 7. The van der Waals surface area contributed by atoms with Crippen molar-refractivity contribution in [2.45, 2.75) is 13.8 Å². The molecule has 0 spiro atoms. The third-order valence-corrected chi connectivity index (χ3v) is 4.37. The summed E-state index contributed by atoms with van der Waals surface area (Å²) in [5.74, 6) is 0.662. The van der Waals surface area contributed by atoms with Gasteiger partial charge in [-0.2, -0.15) is 5.26 Å². The van der Waals surface area contributed by atoms with Crippen LogP contribution in [0.2, 0.25) is 0 Å². The maximum atomic E-state index is 12.5. The van der Waals surface area contributed by atoms with Crippen LogP contribution in [0.4, 0.5) is 11.4 Å². The Morgan fingerprint density at radius 3 is 2.77 bits per heavy atom. The van der Waals surface area contributed by atoms with E-state index < -0.39 is 10.8 Å². The molecule has 0 atom stereocenters. The number of furan rings is 1. The van der Waals surface area contributed by atoms with Crippen molar-refractivity contribution in [1.82, 2.24) is 0 Å². The molecule has 0 radical (unpaired) electrons. The molecule has 156 valence electrons. The van der Waals surface area contributed by atoms with Gasteiger partial charge in [0.2, 0.25) is 0 Å². The molecule has 1 heterocycles. The number of aryl methyl sites for hydroxylation is 1. The molecule has 31 heavy (non-hydrogen) atoms. The number of anilines is 1. The third-order valence-electron chi connectivity index (χ3n) is 4.37. The summed E-state index contributed by atoms with van der Waals surface area (Å²) < 4.78 is 11.1. The number of nitro benzene ring substituents is 1. The van der Waals surface area contributed by atoms with Crippen LogP contribution in [0.1, 0.15) is 18.2 Å². The Balaban J connectivity index is 1.81. The number of nitrogens with one attached hydrogen (secondary N) is 1. The number of benzene rings is 2. The molecular weight excluding hydrogens is 398 g/mol. The van der Waals surface area contributed by atoms with Crippen LogP contribution in [0.5, 0.6) is 5.75 Å². The second-order valence-corrected chi connectivity index (χ2v) is 6.55. The average molecular weight is 417 g/mol. The van der Waals surface area contributed by atoms with Crippen molar-refractivity contribution in [1.29, 1.82) is 5.26 Å². The fourth-order valence-corrected chi connectivity index (χ4v) is 2.86. The topological polar surface area (TPSA) is 118 Å². The predicted molar refractivity (Wildman–Crippen MR) is 115 cm³/mol. The molecule has 0 saturated carbocycles. The molecule has 0 bridgehead atoms. The van der Waals surface area contributed by atoms with E-state index in [0.29, 0.717) is 34.9 Å². The Morgan fingerprint density at radius 1 is 1.26 bits per heavy atom. The number of nitrogens with zero attached hydrogens (tertiary/aromatic N) is 2. The van der Waals surface area contributed by atoms with Gasteiger partial charge in [0.05, 0.1) is 11.5 Å². The molecule has 1 N–H and O–H groups in total. The second-order valence-electron chi connectivity index (χ2n) is 6.55. The van der Waals surface area contributed by atoms with Gasteiger partial charge in [0.25, 0.3) is 11.6 Å². The normalized spacial score (nSPS) is 10.9. The van der Waals surface area contributed by atoms with Gasteiger partial charge in [0.15, 0.2) is 0 Å². The zero-order valence-electron chi connectivity index (χ0n) is 16.9. The lowest BCUT2D eigenvalue weighted by Crippen LogP contribution is -2.13. The van der Waals surface area contributed by atoms with Gasteiger partial charge in [-0.05, 0) is 38.1 Å². The quantitative estimate of drug-likeness (QED) is 0.247. The van der Waals surface area contributed by atoms with Crippen molar-refractivity contribution in [2.75, 3.05) is 11.9 Å². The molecule has 8 nitrogen and oxygen atoms in total. The molecule has 1 amide bonds. The molecule has 0 unspecified atom stereocenters. The van der Waals surface area contributed by atoms with Gasteiger partial charge in [0.1, 0.15) is 28.9 Å². The lowest BCUT2D eigenvalue weighted by atomic mass is 10.1. The monoisotopic (exact) mass is 417 g/mol. The molecule has 2 aromatic carbocycles. The van der Waals surface area contributed by atoms with Gasteiger partial charge in [-0.25, -0.2) is 0 Å². The van der Waals surface area contributed by atoms with Gasteiger partial charge >= 0.3 is 0 Å². The maximum Gasteiger partial charge on any atom is 0.273 e. The first kappa shape index (κ1) is 21.3. The molecule has 8 heteroatoms. The van der Waals surface area contributed by atoms with E-state index in [4.69, 9.17) is 9.15 Å². The summed E-state index contributed by atoms with van der Waals surface area (Å²) in [6.45, 7) is 4.00. The molecule has 0 aliphatic heterocycles. The number of hydrogen-bond donors (Lipinski definition) is 1. The van der Waals surface area contributed by atoms with E-state index in [1.807, 2.05) is 13.0 Å². The molecule has 3 aromatic rings. The Kier molecular flexibility index (Phi) is 6.48. The summed E-state index contributed by atoms with van der Waals surface area (Å²) in [7, 11) is 0. The van der Waals surface area contributed by atoms with E-state index in [1.54, 1.807) is 55.5 Å². The highest BCUT2D eigenvalue weighted by Gasteiger charge is 2.15. The summed E-state index contributed by atoms with van der Waals surface area (Å²) in [5.41, 5.74) is 1.38. The van der Waals surface area contributed by atoms with Crippen LogP contribution in [0.15, 0.2) is 64.6 Å². The number of carbonyl (C=O) groups is 1. The average Bonchev–Trinajstić information content (AvgIpc) is 3.21. The van der Waals surface area contributed by atoms with Gasteiger partial charge in [-0.1, -0.05) is 18.2 Å². The summed E-state index contributed by atoms with van der Waals surface area (Å²) in [6.07, 6.45) is 1.31. The van der Waals surface area contributed by atoms with E-state index in [-0.39, 0.29) is 17.0 Å². The Labute approximate surface area is 178 Å². The number of carbonyl (C=O) groups excluding carboxylic acids is 1. The number of ether oxygens (including phenoxy) is 1. The first-order chi connectivity index (χ1) is 14.9. The fourth-order valence-electron chi connectivity index (χ4n) is 2.86. The highest BCUT2D eigenvalue weighted by molar-refractivity contribution is 6.09. The molecule has 0 fully saturated rings.